The highest BCUT2D eigenvalue weighted by Crippen LogP contribution is 2.41. The summed E-state index contributed by atoms with van der Waals surface area (Å²) in [7, 11) is 0. The molecule has 0 fully saturated rings. The lowest BCUT2D eigenvalue weighted by atomic mass is 9.94. The number of hydrogen-bond donors (Lipinski definition) is 0. The van der Waals surface area contributed by atoms with Gasteiger partial charge in [-0.15, -0.1) is 0 Å². The molecule has 2 heterocycles. The Morgan fingerprint density at radius 3 is 1.27 bits per heavy atom. The average molecular weight is 628 g/mol. The highest BCUT2D eigenvalue weighted by atomic mass is 16.3. The van der Waals surface area contributed by atoms with Crippen LogP contribution in [0.4, 0.5) is 0 Å². The van der Waals surface area contributed by atoms with Crippen LogP contribution in [0, 0.1) is 0 Å². The zero-order valence-electron chi connectivity index (χ0n) is 26.5. The SMILES string of the molecule is c1ccc(-c2cccc(-c3ccc(-c4cccc5oc6cccc(-c7nc(-c8ccccc8)nc(-c8ccccc8)n7)c6c45)cc3)c2)cc1. The number of rotatable bonds is 6. The smallest absolute Gasteiger partial charge is 0.164 e. The van der Waals surface area contributed by atoms with Gasteiger partial charge in [-0.05, 0) is 51.6 Å². The molecule has 0 atom stereocenters. The van der Waals surface area contributed by atoms with Crippen molar-refractivity contribution < 1.29 is 4.42 Å². The van der Waals surface area contributed by atoms with Crippen molar-refractivity contribution in [1.82, 2.24) is 15.0 Å². The van der Waals surface area contributed by atoms with Crippen molar-refractivity contribution in [2.75, 3.05) is 0 Å². The molecule has 9 aromatic rings. The van der Waals surface area contributed by atoms with Gasteiger partial charge in [0.1, 0.15) is 11.2 Å². The van der Waals surface area contributed by atoms with Crippen molar-refractivity contribution in [3.63, 3.8) is 0 Å². The van der Waals surface area contributed by atoms with Gasteiger partial charge in [0, 0.05) is 27.5 Å². The zero-order valence-corrected chi connectivity index (χ0v) is 26.5. The molecule has 0 saturated carbocycles. The molecule has 230 valence electrons. The second kappa shape index (κ2) is 12.2. The number of furan rings is 1. The maximum Gasteiger partial charge on any atom is 0.164 e. The molecule has 0 aliphatic heterocycles. The van der Waals surface area contributed by atoms with E-state index in [1.54, 1.807) is 0 Å². The van der Waals surface area contributed by atoms with Gasteiger partial charge >= 0.3 is 0 Å². The summed E-state index contributed by atoms with van der Waals surface area (Å²) in [6.07, 6.45) is 0. The first-order valence-corrected chi connectivity index (χ1v) is 16.4. The van der Waals surface area contributed by atoms with Gasteiger partial charge in [-0.3, -0.25) is 0 Å². The Morgan fingerprint density at radius 1 is 0.286 bits per heavy atom. The third-order valence-electron chi connectivity index (χ3n) is 8.96. The van der Waals surface area contributed by atoms with E-state index in [-0.39, 0.29) is 0 Å². The maximum atomic E-state index is 6.48. The fraction of sp³-hybridized carbons (Fsp3) is 0. The first kappa shape index (κ1) is 28.6. The second-order valence-electron chi connectivity index (χ2n) is 12.0. The van der Waals surface area contributed by atoms with Crippen molar-refractivity contribution >= 4 is 21.9 Å². The molecule has 0 amide bonds. The molecule has 2 aromatic heterocycles. The van der Waals surface area contributed by atoms with Gasteiger partial charge in [0.25, 0.3) is 0 Å². The second-order valence-corrected chi connectivity index (χ2v) is 12.0. The summed E-state index contributed by atoms with van der Waals surface area (Å²) in [4.78, 5) is 15.0. The fourth-order valence-electron chi connectivity index (χ4n) is 6.57. The summed E-state index contributed by atoms with van der Waals surface area (Å²) in [5.74, 6) is 1.85. The Bertz CT molecular complexity index is 2520. The first-order valence-electron chi connectivity index (χ1n) is 16.4. The highest BCUT2D eigenvalue weighted by molar-refractivity contribution is 6.17. The van der Waals surface area contributed by atoms with E-state index >= 15 is 0 Å². The van der Waals surface area contributed by atoms with E-state index in [0.717, 1.165) is 49.8 Å². The topological polar surface area (TPSA) is 51.8 Å². The van der Waals surface area contributed by atoms with Crippen LogP contribution in [0.15, 0.2) is 180 Å². The summed E-state index contributed by atoms with van der Waals surface area (Å²) >= 11 is 0. The lowest BCUT2D eigenvalue weighted by Crippen LogP contribution is -2.00. The summed E-state index contributed by atoms with van der Waals surface area (Å²) < 4.78 is 6.48. The number of nitrogens with zero attached hydrogens (tertiary/aromatic N) is 3. The van der Waals surface area contributed by atoms with E-state index < -0.39 is 0 Å². The molecule has 0 radical (unpaired) electrons. The molecular formula is C45H29N3O. The molecule has 7 aromatic carbocycles. The highest BCUT2D eigenvalue weighted by Gasteiger charge is 2.20. The van der Waals surface area contributed by atoms with Crippen molar-refractivity contribution in [1.29, 1.82) is 0 Å². The van der Waals surface area contributed by atoms with Crippen LogP contribution >= 0.6 is 0 Å². The van der Waals surface area contributed by atoms with E-state index in [2.05, 4.69) is 91.0 Å². The van der Waals surface area contributed by atoms with Gasteiger partial charge in [0.15, 0.2) is 17.5 Å². The van der Waals surface area contributed by atoms with Gasteiger partial charge in [-0.2, -0.15) is 0 Å². The molecule has 4 heteroatoms. The Labute approximate surface area is 284 Å². The fourth-order valence-corrected chi connectivity index (χ4v) is 6.57. The molecule has 0 N–H and O–H groups in total. The van der Waals surface area contributed by atoms with Crippen LogP contribution < -0.4 is 0 Å². The van der Waals surface area contributed by atoms with Crippen LogP contribution in [0.2, 0.25) is 0 Å². The predicted molar refractivity (Wildman–Crippen MR) is 200 cm³/mol. The largest absolute Gasteiger partial charge is 0.456 e. The molecule has 0 saturated heterocycles. The van der Waals surface area contributed by atoms with Crippen molar-refractivity contribution in [3.05, 3.63) is 176 Å². The van der Waals surface area contributed by atoms with E-state index in [1.807, 2.05) is 84.9 Å². The molecule has 0 bridgehead atoms. The molecule has 4 nitrogen and oxygen atoms in total. The molecule has 9 rings (SSSR count). The normalized spacial score (nSPS) is 11.3. The maximum absolute atomic E-state index is 6.48. The van der Waals surface area contributed by atoms with Crippen molar-refractivity contribution in [2.45, 2.75) is 0 Å². The van der Waals surface area contributed by atoms with Crippen LogP contribution in [0.25, 0.3) is 89.5 Å². The lowest BCUT2D eigenvalue weighted by Gasteiger charge is -2.10. The monoisotopic (exact) mass is 627 g/mol. The Hall–Kier alpha value is -6.65. The third-order valence-corrected chi connectivity index (χ3v) is 8.96. The minimum absolute atomic E-state index is 0.601. The molecule has 0 aliphatic rings. The Kier molecular flexibility index (Phi) is 7.10. The Balaban J connectivity index is 1.18. The zero-order chi connectivity index (χ0) is 32.6. The van der Waals surface area contributed by atoms with Gasteiger partial charge in [0.05, 0.1) is 0 Å². The third kappa shape index (κ3) is 5.35. The molecule has 0 spiro atoms. The van der Waals surface area contributed by atoms with Crippen LogP contribution in [0.5, 0.6) is 0 Å². The minimum Gasteiger partial charge on any atom is -0.456 e. The average Bonchev–Trinajstić information content (AvgIpc) is 3.58. The lowest BCUT2D eigenvalue weighted by molar-refractivity contribution is 0.669. The standard InChI is InChI=1S/C45H29N3O/c1-4-13-30(14-5-1)35-19-10-20-36(29-35)31-25-27-32(28-26-31)37-21-11-23-39-41(37)42-38(22-12-24-40(42)49-39)45-47-43(33-15-6-2-7-16-33)46-44(48-45)34-17-8-3-9-18-34/h1-29H. The number of fused-ring (bicyclic) bond motifs is 3. The van der Waals surface area contributed by atoms with Crippen molar-refractivity contribution in [3.8, 4) is 67.5 Å². The van der Waals surface area contributed by atoms with Crippen molar-refractivity contribution in [2.24, 2.45) is 0 Å². The first-order chi connectivity index (χ1) is 24.3. The predicted octanol–water partition coefficient (Wildman–Crippen LogP) is 11.8. The number of benzene rings is 7. The van der Waals surface area contributed by atoms with Crippen LogP contribution in [0.1, 0.15) is 0 Å². The summed E-state index contributed by atoms with van der Waals surface area (Å²) in [5.41, 5.74) is 11.3. The van der Waals surface area contributed by atoms with E-state index in [0.29, 0.717) is 17.5 Å². The van der Waals surface area contributed by atoms with Gasteiger partial charge in [0.2, 0.25) is 0 Å². The van der Waals surface area contributed by atoms with E-state index in [1.165, 1.54) is 22.3 Å². The number of aromatic nitrogens is 3. The van der Waals surface area contributed by atoms with Gasteiger partial charge < -0.3 is 4.42 Å². The summed E-state index contributed by atoms with van der Waals surface area (Å²) in [6, 6.07) is 60.5. The minimum atomic E-state index is 0.601. The molecule has 0 aliphatic carbocycles. The van der Waals surface area contributed by atoms with E-state index in [4.69, 9.17) is 19.4 Å². The molecule has 0 unspecified atom stereocenters. The summed E-state index contributed by atoms with van der Waals surface area (Å²) in [5, 5.41) is 2.02. The van der Waals surface area contributed by atoms with Crippen LogP contribution in [0.3, 0.4) is 0 Å². The Morgan fingerprint density at radius 2 is 0.694 bits per heavy atom. The number of hydrogen-bond acceptors (Lipinski definition) is 4. The molecule has 49 heavy (non-hydrogen) atoms. The quantitative estimate of drug-likeness (QED) is 0.184. The summed E-state index contributed by atoms with van der Waals surface area (Å²) in [6.45, 7) is 0. The molecular weight excluding hydrogens is 599 g/mol. The van der Waals surface area contributed by atoms with Gasteiger partial charge in [-0.25, -0.2) is 15.0 Å². The van der Waals surface area contributed by atoms with E-state index in [9.17, 15) is 0 Å². The van der Waals surface area contributed by atoms with Crippen LogP contribution in [-0.4, -0.2) is 15.0 Å². The van der Waals surface area contributed by atoms with Crippen LogP contribution in [-0.2, 0) is 0 Å². The van der Waals surface area contributed by atoms with Gasteiger partial charge in [-0.1, -0.05) is 158 Å².